The number of halogens is 1. The van der Waals surface area contributed by atoms with Gasteiger partial charge in [0.25, 0.3) is 5.56 Å². The van der Waals surface area contributed by atoms with Gasteiger partial charge < -0.3 is 10.1 Å². The van der Waals surface area contributed by atoms with Gasteiger partial charge >= 0.3 is 5.97 Å². The third kappa shape index (κ3) is 4.83. The fourth-order valence-corrected chi connectivity index (χ4v) is 3.82. The fourth-order valence-electron chi connectivity index (χ4n) is 2.66. The molecule has 29 heavy (non-hydrogen) atoms. The zero-order chi connectivity index (χ0) is 21.1. The number of benzene rings is 1. The summed E-state index contributed by atoms with van der Waals surface area (Å²) in [6, 6.07) is 6.65. The lowest BCUT2D eigenvalue weighted by Crippen LogP contribution is -2.27. The van der Waals surface area contributed by atoms with E-state index in [1.807, 2.05) is 13.8 Å². The lowest BCUT2D eigenvalue weighted by molar-refractivity contribution is -0.116. The summed E-state index contributed by atoms with van der Waals surface area (Å²) in [6.07, 6.45) is 1.31. The number of carbonyl (C=O) groups is 2. The number of hydrogen-bond donors (Lipinski definition) is 1. The molecule has 152 valence electrons. The molecule has 1 amide bonds. The molecular weight excluding hydrogens is 414 g/mol. The summed E-state index contributed by atoms with van der Waals surface area (Å²) in [5.74, 6) is -0.631. The molecule has 0 spiro atoms. The second kappa shape index (κ2) is 8.75. The monoisotopic (exact) mass is 433 g/mol. The van der Waals surface area contributed by atoms with Crippen molar-refractivity contribution in [3.8, 4) is 0 Å². The molecule has 0 fully saturated rings. The number of esters is 1. The number of aromatic nitrogens is 2. The van der Waals surface area contributed by atoms with Gasteiger partial charge in [-0.05, 0) is 42.7 Å². The number of thiophene rings is 1. The van der Waals surface area contributed by atoms with Gasteiger partial charge in [0.2, 0.25) is 5.91 Å². The van der Waals surface area contributed by atoms with Crippen molar-refractivity contribution in [3.63, 3.8) is 0 Å². The predicted octanol–water partition coefficient (Wildman–Crippen LogP) is 3.87. The first-order valence-corrected chi connectivity index (χ1v) is 10.2. The summed E-state index contributed by atoms with van der Waals surface area (Å²) in [7, 11) is 0. The molecule has 7 nitrogen and oxygen atoms in total. The highest BCUT2D eigenvalue weighted by molar-refractivity contribution is 7.20. The highest BCUT2D eigenvalue weighted by Crippen LogP contribution is 2.27. The molecule has 2 heterocycles. The SMILES string of the molecule is Cc1c(C(=O)OCC(C)C)sc2ncn(CC(=O)Nc3ccc(Cl)cc3)c(=O)c12. The average Bonchev–Trinajstić information content (AvgIpc) is 3.01. The van der Waals surface area contributed by atoms with Crippen LogP contribution in [0.3, 0.4) is 0 Å². The number of aryl methyl sites for hydroxylation is 1. The average molecular weight is 434 g/mol. The van der Waals surface area contributed by atoms with Crippen LogP contribution in [0.2, 0.25) is 5.02 Å². The molecule has 3 rings (SSSR count). The minimum atomic E-state index is -0.467. The van der Waals surface area contributed by atoms with Crippen molar-refractivity contribution in [1.82, 2.24) is 9.55 Å². The first kappa shape index (κ1) is 21.0. The largest absolute Gasteiger partial charge is 0.461 e. The predicted molar refractivity (Wildman–Crippen MR) is 114 cm³/mol. The molecule has 3 aromatic rings. The zero-order valence-corrected chi connectivity index (χ0v) is 17.8. The summed E-state index contributed by atoms with van der Waals surface area (Å²) in [6.45, 7) is 5.68. The van der Waals surface area contributed by atoms with E-state index in [4.69, 9.17) is 16.3 Å². The van der Waals surface area contributed by atoms with E-state index in [-0.39, 0.29) is 23.9 Å². The highest BCUT2D eigenvalue weighted by atomic mass is 35.5. The van der Waals surface area contributed by atoms with Crippen LogP contribution in [-0.4, -0.2) is 28.0 Å². The normalized spacial score (nSPS) is 11.1. The fraction of sp³-hybridized carbons (Fsp3) is 0.300. The van der Waals surface area contributed by atoms with E-state index in [0.29, 0.717) is 38.0 Å². The molecule has 0 radical (unpaired) electrons. The van der Waals surface area contributed by atoms with Crippen molar-refractivity contribution in [3.05, 3.63) is 56.4 Å². The molecule has 0 saturated heterocycles. The molecule has 0 bridgehead atoms. The van der Waals surface area contributed by atoms with Crippen molar-refractivity contribution >= 4 is 50.7 Å². The van der Waals surface area contributed by atoms with Crippen LogP contribution < -0.4 is 10.9 Å². The summed E-state index contributed by atoms with van der Waals surface area (Å²) in [5, 5.41) is 3.59. The van der Waals surface area contributed by atoms with Crippen molar-refractivity contribution in [2.45, 2.75) is 27.3 Å². The van der Waals surface area contributed by atoms with Gasteiger partial charge in [-0.25, -0.2) is 9.78 Å². The topological polar surface area (TPSA) is 90.3 Å². The molecule has 0 unspecified atom stereocenters. The van der Waals surface area contributed by atoms with Crippen molar-refractivity contribution < 1.29 is 14.3 Å². The van der Waals surface area contributed by atoms with Gasteiger partial charge in [-0.2, -0.15) is 0 Å². The molecule has 1 aromatic carbocycles. The molecule has 1 N–H and O–H groups in total. The van der Waals surface area contributed by atoms with Crippen molar-refractivity contribution in [2.75, 3.05) is 11.9 Å². The van der Waals surface area contributed by atoms with Gasteiger partial charge in [0.05, 0.1) is 18.3 Å². The maximum atomic E-state index is 12.9. The van der Waals surface area contributed by atoms with Crippen LogP contribution in [0.25, 0.3) is 10.2 Å². The van der Waals surface area contributed by atoms with Gasteiger partial charge in [0.15, 0.2) is 0 Å². The molecule has 0 atom stereocenters. The Morgan fingerprint density at radius 2 is 1.97 bits per heavy atom. The van der Waals surface area contributed by atoms with Crippen LogP contribution in [0.4, 0.5) is 5.69 Å². The number of amides is 1. The van der Waals surface area contributed by atoms with E-state index >= 15 is 0 Å². The maximum absolute atomic E-state index is 12.9. The van der Waals surface area contributed by atoms with Gasteiger partial charge in [-0.3, -0.25) is 14.2 Å². The minimum Gasteiger partial charge on any atom is -0.461 e. The van der Waals surface area contributed by atoms with Crippen LogP contribution >= 0.6 is 22.9 Å². The number of nitrogens with zero attached hydrogens (tertiary/aromatic N) is 2. The molecule has 9 heteroatoms. The van der Waals surface area contributed by atoms with Gasteiger partial charge in [0.1, 0.15) is 16.3 Å². The highest BCUT2D eigenvalue weighted by Gasteiger charge is 2.21. The Morgan fingerprint density at radius 1 is 1.28 bits per heavy atom. The Bertz CT molecular complexity index is 1120. The number of rotatable bonds is 6. The Balaban J connectivity index is 1.83. The first-order chi connectivity index (χ1) is 13.8. The van der Waals surface area contributed by atoms with Gasteiger partial charge in [-0.1, -0.05) is 25.4 Å². The molecule has 0 saturated carbocycles. The number of carbonyl (C=O) groups excluding carboxylic acids is 2. The number of nitrogens with one attached hydrogen (secondary N) is 1. The van der Waals surface area contributed by atoms with Crippen LogP contribution in [0.15, 0.2) is 35.4 Å². The van der Waals surface area contributed by atoms with E-state index in [0.717, 1.165) is 11.3 Å². The number of anilines is 1. The van der Waals surface area contributed by atoms with Gasteiger partial charge in [0, 0.05) is 10.7 Å². The second-order valence-corrected chi connectivity index (χ2v) is 8.40. The maximum Gasteiger partial charge on any atom is 0.348 e. The molecule has 0 aliphatic heterocycles. The summed E-state index contributed by atoms with van der Waals surface area (Å²) < 4.78 is 6.49. The standard InChI is InChI=1S/C20H20ClN3O4S/c1-11(2)9-28-20(27)17-12(3)16-18(29-17)22-10-24(19(16)26)8-15(25)23-14-6-4-13(21)5-7-14/h4-7,10-11H,8-9H2,1-3H3,(H,23,25). The van der Waals surface area contributed by atoms with E-state index in [9.17, 15) is 14.4 Å². The molecule has 2 aromatic heterocycles. The smallest absolute Gasteiger partial charge is 0.348 e. The van der Waals surface area contributed by atoms with Crippen LogP contribution in [0, 0.1) is 12.8 Å². The third-order valence-electron chi connectivity index (χ3n) is 4.09. The Kier molecular flexibility index (Phi) is 6.34. The Morgan fingerprint density at radius 3 is 2.62 bits per heavy atom. The third-order valence-corrected chi connectivity index (χ3v) is 5.52. The summed E-state index contributed by atoms with van der Waals surface area (Å²) in [4.78, 5) is 42.5. The van der Waals surface area contributed by atoms with Crippen LogP contribution in [0.1, 0.15) is 29.1 Å². The molecule has 0 aliphatic rings. The van der Waals surface area contributed by atoms with Crippen molar-refractivity contribution in [2.24, 2.45) is 5.92 Å². The quantitative estimate of drug-likeness (QED) is 0.596. The minimum absolute atomic E-state index is 0.202. The number of fused-ring (bicyclic) bond motifs is 1. The van der Waals surface area contributed by atoms with E-state index in [1.54, 1.807) is 31.2 Å². The molecule has 0 aliphatic carbocycles. The Labute approximate surface area is 176 Å². The van der Waals surface area contributed by atoms with Gasteiger partial charge in [-0.15, -0.1) is 11.3 Å². The summed E-state index contributed by atoms with van der Waals surface area (Å²) in [5.41, 5.74) is 0.713. The number of ether oxygens (including phenoxy) is 1. The van der Waals surface area contributed by atoms with E-state index < -0.39 is 5.97 Å². The lowest BCUT2D eigenvalue weighted by Gasteiger charge is -2.07. The second-order valence-electron chi connectivity index (χ2n) is 6.96. The van der Waals surface area contributed by atoms with Crippen LogP contribution in [-0.2, 0) is 16.1 Å². The van der Waals surface area contributed by atoms with E-state index in [1.165, 1.54) is 10.9 Å². The van der Waals surface area contributed by atoms with E-state index in [2.05, 4.69) is 10.3 Å². The summed E-state index contributed by atoms with van der Waals surface area (Å²) >= 11 is 6.95. The molecular formula is C20H20ClN3O4S. The van der Waals surface area contributed by atoms with Crippen molar-refractivity contribution in [1.29, 1.82) is 0 Å². The zero-order valence-electron chi connectivity index (χ0n) is 16.2. The lowest BCUT2D eigenvalue weighted by atomic mass is 10.2. The first-order valence-electron chi connectivity index (χ1n) is 8.97. The Hall–Kier alpha value is -2.71. The van der Waals surface area contributed by atoms with Crippen LogP contribution in [0.5, 0.6) is 0 Å². The number of hydrogen-bond acceptors (Lipinski definition) is 6.